The maximum Gasteiger partial charge on any atom is 0.346 e. The minimum absolute atomic E-state index is 0. The molecule has 6 heteroatoms. The Morgan fingerprint density at radius 3 is 2.06 bits per heavy atom. The van der Waals surface area contributed by atoms with E-state index in [9.17, 15) is 14.4 Å². The average molecular weight is 415 g/mol. The summed E-state index contributed by atoms with van der Waals surface area (Å²) < 4.78 is 4.29. The van der Waals surface area contributed by atoms with Crippen LogP contribution >= 0.6 is 0 Å². The van der Waals surface area contributed by atoms with Crippen LogP contribution in [0, 0.1) is 0 Å². The molecule has 0 spiro atoms. The van der Waals surface area contributed by atoms with Crippen molar-refractivity contribution >= 4 is 45.2 Å². The molecule has 0 fully saturated rings. The van der Waals surface area contributed by atoms with Crippen LogP contribution in [0.15, 0.2) is 24.3 Å². The molecule has 4 radical (unpaired) electrons. The van der Waals surface area contributed by atoms with E-state index in [2.05, 4.69) is 4.74 Å². The van der Waals surface area contributed by atoms with E-state index in [0.29, 0.717) is 0 Å². The minimum atomic E-state index is -1.24. The molecular formula is C10H8O5Pb. The van der Waals surface area contributed by atoms with E-state index in [-0.39, 0.29) is 38.4 Å². The van der Waals surface area contributed by atoms with Gasteiger partial charge in [0.1, 0.15) is 0 Å². The van der Waals surface area contributed by atoms with Gasteiger partial charge in [-0.25, -0.2) is 9.59 Å². The van der Waals surface area contributed by atoms with Crippen LogP contribution in [0.1, 0.15) is 27.6 Å². The van der Waals surface area contributed by atoms with E-state index in [0.717, 1.165) is 6.92 Å². The van der Waals surface area contributed by atoms with Crippen LogP contribution in [0.4, 0.5) is 0 Å². The monoisotopic (exact) mass is 416 g/mol. The van der Waals surface area contributed by atoms with Gasteiger partial charge < -0.3 is 9.84 Å². The summed E-state index contributed by atoms with van der Waals surface area (Å²) in [7, 11) is 0. The largest absolute Gasteiger partial charge is 0.478 e. The van der Waals surface area contributed by atoms with Crippen molar-refractivity contribution in [1.29, 1.82) is 0 Å². The SMILES string of the molecule is CC(=O)OC(=O)c1ccccc1C(=O)O.[Pb]. The number of hydrogen-bond acceptors (Lipinski definition) is 4. The molecule has 0 saturated heterocycles. The maximum absolute atomic E-state index is 11.3. The first kappa shape index (κ1) is 14.8. The molecule has 1 rings (SSSR count). The van der Waals surface area contributed by atoms with Crippen LogP contribution in [0.2, 0.25) is 0 Å². The summed E-state index contributed by atoms with van der Waals surface area (Å²) in [6.45, 7) is 1.07. The van der Waals surface area contributed by atoms with Crippen molar-refractivity contribution in [2.45, 2.75) is 6.92 Å². The number of carboxylic acids is 1. The topological polar surface area (TPSA) is 80.7 Å². The number of benzene rings is 1. The molecule has 0 aliphatic rings. The molecular weight excluding hydrogens is 407 g/mol. The molecule has 0 amide bonds. The standard InChI is InChI=1S/C10H8O5.Pb/c1-6(11)15-10(14)8-5-3-2-4-7(8)9(12)13;/h2-5H,1H3,(H,12,13);. The summed E-state index contributed by atoms with van der Waals surface area (Å²) in [5, 5.41) is 8.76. The zero-order chi connectivity index (χ0) is 11.4. The molecule has 5 nitrogen and oxygen atoms in total. The van der Waals surface area contributed by atoms with Crippen molar-refractivity contribution in [1.82, 2.24) is 0 Å². The number of esters is 2. The van der Waals surface area contributed by atoms with E-state index >= 15 is 0 Å². The van der Waals surface area contributed by atoms with Gasteiger partial charge in [-0.05, 0) is 12.1 Å². The van der Waals surface area contributed by atoms with Gasteiger partial charge in [0.2, 0.25) is 0 Å². The number of ether oxygens (including phenoxy) is 1. The van der Waals surface area contributed by atoms with Crippen molar-refractivity contribution in [2.75, 3.05) is 0 Å². The molecule has 82 valence electrons. The van der Waals surface area contributed by atoms with Gasteiger partial charge in [-0.1, -0.05) is 12.1 Å². The fourth-order valence-electron chi connectivity index (χ4n) is 1.03. The Labute approximate surface area is 112 Å². The molecule has 0 bridgehead atoms. The number of carbonyl (C=O) groups excluding carboxylic acids is 2. The predicted octanol–water partition coefficient (Wildman–Crippen LogP) is 0.707. The molecule has 0 aliphatic carbocycles. The van der Waals surface area contributed by atoms with Gasteiger partial charge in [-0.15, -0.1) is 0 Å². The fraction of sp³-hybridized carbons (Fsp3) is 0.100. The van der Waals surface area contributed by atoms with Crippen molar-refractivity contribution in [3.05, 3.63) is 35.4 Å². The number of aromatic carboxylic acids is 1. The Morgan fingerprint density at radius 1 is 1.12 bits per heavy atom. The number of carbonyl (C=O) groups is 3. The van der Waals surface area contributed by atoms with Gasteiger partial charge in [0.05, 0.1) is 11.1 Å². The Bertz CT molecular complexity index is 427. The number of hydrogen-bond donors (Lipinski definition) is 1. The van der Waals surface area contributed by atoms with Gasteiger partial charge in [0, 0.05) is 34.2 Å². The Morgan fingerprint density at radius 2 is 1.62 bits per heavy atom. The van der Waals surface area contributed by atoms with Crippen molar-refractivity contribution in [3.63, 3.8) is 0 Å². The molecule has 16 heavy (non-hydrogen) atoms. The third-order valence-corrected chi connectivity index (χ3v) is 1.61. The molecule has 1 aromatic carbocycles. The summed E-state index contributed by atoms with van der Waals surface area (Å²) in [4.78, 5) is 32.5. The normalized spacial score (nSPS) is 8.81. The van der Waals surface area contributed by atoms with E-state index in [1.807, 2.05) is 0 Å². The van der Waals surface area contributed by atoms with Gasteiger partial charge in [0.15, 0.2) is 0 Å². The first-order valence-electron chi connectivity index (χ1n) is 4.07. The summed E-state index contributed by atoms with van der Waals surface area (Å²) in [5.74, 6) is -2.98. The van der Waals surface area contributed by atoms with Gasteiger partial charge >= 0.3 is 17.9 Å². The van der Waals surface area contributed by atoms with E-state index in [1.165, 1.54) is 24.3 Å². The molecule has 0 heterocycles. The second-order valence-corrected chi connectivity index (χ2v) is 2.73. The molecule has 0 aliphatic heterocycles. The molecule has 0 saturated carbocycles. The van der Waals surface area contributed by atoms with Crippen LogP contribution in [-0.2, 0) is 9.53 Å². The van der Waals surface area contributed by atoms with E-state index < -0.39 is 17.9 Å². The Kier molecular flexibility index (Phi) is 5.86. The predicted molar refractivity (Wildman–Crippen MR) is 55.3 cm³/mol. The van der Waals surface area contributed by atoms with Gasteiger partial charge in [-0.2, -0.15) is 0 Å². The second-order valence-electron chi connectivity index (χ2n) is 2.73. The molecule has 0 unspecified atom stereocenters. The van der Waals surface area contributed by atoms with Crippen LogP contribution < -0.4 is 0 Å². The average Bonchev–Trinajstić information content (AvgIpc) is 2.16. The molecule has 0 aromatic heterocycles. The van der Waals surface area contributed by atoms with Crippen LogP contribution in [0.5, 0.6) is 0 Å². The molecule has 1 N–H and O–H groups in total. The van der Waals surface area contributed by atoms with E-state index in [1.54, 1.807) is 0 Å². The van der Waals surface area contributed by atoms with Crippen LogP contribution in [0.3, 0.4) is 0 Å². The fourth-order valence-corrected chi connectivity index (χ4v) is 1.03. The zero-order valence-electron chi connectivity index (χ0n) is 8.39. The van der Waals surface area contributed by atoms with Crippen molar-refractivity contribution < 1.29 is 24.2 Å². The first-order valence-corrected chi connectivity index (χ1v) is 4.07. The third-order valence-electron chi connectivity index (χ3n) is 1.61. The van der Waals surface area contributed by atoms with E-state index in [4.69, 9.17) is 5.11 Å². The molecule has 1 aromatic rings. The Hall–Kier alpha value is -1.25. The number of rotatable bonds is 2. The molecule has 0 atom stereocenters. The zero-order valence-corrected chi connectivity index (χ0v) is 12.3. The third kappa shape index (κ3) is 3.72. The quantitative estimate of drug-likeness (QED) is 0.437. The van der Waals surface area contributed by atoms with Gasteiger partial charge in [-0.3, -0.25) is 4.79 Å². The summed E-state index contributed by atoms with van der Waals surface area (Å²) in [6, 6.07) is 5.52. The van der Waals surface area contributed by atoms with Crippen LogP contribution in [-0.4, -0.2) is 50.3 Å². The summed E-state index contributed by atoms with van der Waals surface area (Å²) >= 11 is 0. The summed E-state index contributed by atoms with van der Waals surface area (Å²) in [6.07, 6.45) is 0. The van der Waals surface area contributed by atoms with Crippen molar-refractivity contribution in [3.8, 4) is 0 Å². The summed E-state index contributed by atoms with van der Waals surface area (Å²) in [5.41, 5.74) is -0.330. The van der Waals surface area contributed by atoms with Crippen LogP contribution in [0.25, 0.3) is 0 Å². The van der Waals surface area contributed by atoms with Crippen molar-refractivity contribution in [2.24, 2.45) is 0 Å². The Balaban J connectivity index is 0.00000225. The van der Waals surface area contributed by atoms with Gasteiger partial charge in [0.25, 0.3) is 0 Å². The first-order chi connectivity index (χ1) is 7.02. The smallest absolute Gasteiger partial charge is 0.346 e. The number of carboxylic acid groups (broad SMARTS) is 1. The second kappa shape index (κ2) is 6.36. The minimum Gasteiger partial charge on any atom is -0.478 e. The maximum atomic E-state index is 11.3.